The van der Waals surface area contributed by atoms with Crippen molar-refractivity contribution in [2.75, 3.05) is 11.1 Å². The summed E-state index contributed by atoms with van der Waals surface area (Å²) in [6.45, 7) is 0. The molecule has 0 saturated carbocycles. The van der Waals surface area contributed by atoms with Gasteiger partial charge in [0.15, 0.2) is 0 Å². The molecule has 1 aromatic heterocycles. The van der Waals surface area contributed by atoms with Gasteiger partial charge in [0.1, 0.15) is 5.82 Å². The highest BCUT2D eigenvalue weighted by atomic mass is 79.9. The van der Waals surface area contributed by atoms with E-state index >= 15 is 0 Å². The van der Waals surface area contributed by atoms with Gasteiger partial charge in [-0.2, -0.15) is 0 Å². The maximum Gasteiger partial charge on any atom is 0.257 e. The number of carbonyl (C=O) groups excluding carboxylic acids is 1. The molecule has 0 saturated heterocycles. The van der Waals surface area contributed by atoms with Crippen LogP contribution in [0.2, 0.25) is 0 Å². The van der Waals surface area contributed by atoms with Gasteiger partial charge in [0.05, 0.1) is 23.1 Å². The van der Waals surface area contributed by atoms with Crippen molar-refractivity contribution in [1.29, 1.82) is 0 Å². The van der Waals surface area contributed by atoms with Gasteiger partial charge in [0.25, 0.3) is 5.91 Å². The number of hydrogen-bond acceptors (Lipinski definition) is 3. The van der Waals surface area contributed by atoms with Crippen molar-refractivity contribution in [1.82, 2.24) is 4.98 Å². The molecule has 0 aliphatic heterocycles. The summed E-state index contributed by atoms with van der Waals surface area (Å²) in [5.41, 5.74) is 6.72. The number of nitrogen functional groups attached to an aromatic ring is 1. The fourth-order valence-corrected chi connectivity index (χ4v) is 1.84. The largest absolute Gasteiger partial charge is 0.397 e. The topological polar surface area (TPSA) is 68.0 Å². The van der Waals surface area contributed by atoms with E-state index in [0.717, 1.165) is 0 Å². The van der Waals surface area contributed by atoms with E-state index in [2.05, 4.69) is 26.2 Å². The lowest BCUT2D eigenvalue weighted by Crippen LogP contribution is -2.14. The monoisotopic (exact) mass is 309 g/mol. The van der Waals surface area contributed by atoms with E-state index in [1.54, 1.807) is 0 Å². The second-order valence-electron chi connectivity index (χ2n) is 3.54. The molecule has 0 fully saturated rings. The maximum atomic E-state index is 12.9. The molecular formula is C12H9BrFN3O. The first-order valence-electron chi connectivity index (χ1n) is 5.04. The van der Waals surface area contributed by atoms with E-state index in [9.17, 15) is 9.18 Å². The normalized spacial score (nSPS) is 10.1. The van der Waals surface area contributed by atoms with Crippen LogP contribution in [0.15, 0.2) is 41.1 Å². The molecule has 6 heteroatoms. The number of rotatable bonds is 2. The second kappa shape index (κ2) is 5.14. The van der Waals surface area contributed by atoms with Gasteiger partial charge in [0.2, 0.25) is 0 Å². The summed E-state index contributed by atoms with van der Waals surface area (Å²) in [7, 11) is 0. The predicted molar refractivity (Wildman–Crippen MR) is 70.7 cm³/mol. The molecule has 3 N–H and O–H groups in total. The molecule has 4 nitrogen and oxygen atoms in total. The molecule has 0 aliphatic rings. The first kappa shape index (κ1) is 12.5. The molecule has 0 aliphatic carbocycles. The van der Waals surface area contributed by atoms with Crippen LogP contribution in [-0.4, -0.2) is 10.9 Å². The first-order valence-corrected chi connectivity index (χ1v) is 5.83. The standard InChI is InChI=1S/C12H9BrFN3O/c13-9-5-7(14)1-2-11(9)17-12(18)8-3-4-16-6-10(8)15/h1-6H,15H2,(H,17,18). The van der Waals surface area contributed by atoms with E-state index in [4.69, 9.17) is 5.73 Å². The molecular weight excluding hydrogens is 301 g/mol. The summed E-state index contributed by atoms with van der Waals surface area (Å²) in [4.78, 5) is 15.7. The zero-order chi connectivity index (χ0) is 13.1. The van der Waals surface area contributed by atoms with Gasteiger partial charge in [-0.1, -0.05) is 0 Å². The fourth-order valence-electron chi connectivity index (χ4n) is 1.39. The van der Waals surface area contributed by atoms with Gasteiger partial charge in [-0.25, -0.2) is 4.39 Å². The number of nitrogens with one attached hydrogen (secondary N) is 1. The van der Waals surface area contributed by atoms with Gasteiger partial charge in [-0.3, -0.25) is 9.78 Å². The van der Waals surface area contributed by atoms with E-state index in [-0.39, 0.29) is 17.4 Å². The summed E-state index contributed by atoms with van der Waals surface area (Å²) in [6, 6.07) is 5.51. The molecule has 1 aromatic carbocycles. The fraction of sp³-hybridized carbons (Fsp3) is 0. The molecule has 1 heterocycles. The molecule has 2 rings (SSSR count). The van der Waals surface area contributed by atoms with Crippen LogP contribution in [0.4, 0.5) is 15.8 Å². The number of anilines is 2. The number of halogens is 2. The molecule has 92 valence electrons. The average molecular weight is 310 g/mol. The third-order valence-electron chi connectivity index (χ3n) is 2.28. The molecule has 1 amide bonds. The van der Waals surface area contributed by atoms with Crippen LogP contribution in [0.5, 0.6) is 0 Å². The second-order valence-corrected chi connectivity index (χ2v) is 4.40. The van der Waals surface area contributed by atoms with Gasteiger partial charge in [0, 0.05) is 10.7 Å². The van der Waals surface area contributed by atoms with Crippen LogP contribution in [0, 0.1) is 5.82 Å². The van der Waals surface area contributed by atoms with Gasteiger partial charge >= 0.3 is 0 Å². The summed E-state index contributed by atoms with van der Waals surface area (Å²) in [5, 5.41) is 2.63. The van der Waals surface area contributed by atoms with Crippen molar-refractivity contribution in [3.63, 3.8) is 0 Å². The Hall–Kier alpha value is -1.95. The van der Waals surface area contributed by atoms with Crippen LogP contribution in [0.3, 0.4) is 0 Å². The van der Waals surface area contributed by atoms with Crippen LogP contribution < -0.4 is 11.1 Å². The minimum Gasteiger partial charge on any atom is -0.397 e. The molecule has 0 bridgehead atoms. The predicted octanol–water partition coefficient (Wildman–Crippen LogP) is 2.82. The van der Waals surface area contributed by atoms with Crippen LogP contribution in [0.1, 0.15) is 10.4 Å². The third kappa shape index (κ3) is 2.65. The number of benzene rings is 1. The molecule has 0 spiro atoms. The number of amides is 1. The van der Waals surface area contributed by atoms with Crippen molar-refractivity contribution < 1.29 is 9.18 Å². The highest BCUT2D eigenvalue weighted by molar-refractivity contribution is 9.10. The van der Waals surface area contributed by atoms with Crippen molar-refractivity contribution in [2.24, 2.45) is 0 Å². The zero-order valence-corrected chi connectivity index (χ0v) is 10.7. The van der Waals surface area contributed by atoms with E-state index < -0.39 is 0 Å². The maximum absolute atomic E-state index is 12.9. The Morgan fingerprint density at radius 3 is 2.83 bits per heavy atom. The number of hydrogen-bond donors (Lipinski definition) is 2. The number of aromatic nitrogens is 1. The lowest BCUT2D eigenvalue weighted by Gasteiger charge is -2.08. The highest BCUT2D eigenvalue weighted by Gasteiger charge is 2.11. The summed E-state index contributed by atoms with van der Waals surface area (Å²) < 4.78 is 13.4. The highest BCUT2D eigenvalue weighted by Crippen LogP contribution is 2.24. The van der Waals surface area contributed by atoms with Crippen molar-refractivity contribution in [3.05, 3.63) is 52.5 Å². The van der Waals surface area contributed by atoms with Gasteiger partial charge in [-0.15, -0.1) is 0 Å². The molecule has 0 atom stereocenters. The van der Waals surface area contributed by atoms with Crippen molar-refractivity contribution >= 4 is 33.2 Å². The Morgan fingerprint density at radius 1 is 1.39 bits per heavy atom. The Labute approximate surface area is 111 Å². The number of nitrogens with zero attached hydrogens (tertiary/aromatic N) is 1. The molecule has 0 unspecified atom stereocenters. The smallest absolute Gasteiger partial charge is 0.257 e. The minimum absolute atomic E-state index is 0.285. The molecule has 2 aromatic rings. The molecule has 0 radical (unpaired) electrons. The average Bonchev–Trinajstić information content (AvgIpc) is 2.33. The minimum atomic E-state index is -0.386. The Kier molecular flexibility index (Phi) is 3.57. The summed E-state index contributed by atoms with van der Waals surface area (Å²) >= 11 is 3.17. The van der Waals surface area contributed by atoms with Crippen LogP contribution in [-0.2, 0) is 0 Å². The van der Waals surface area contributed by atoms with Gasteiger partial charge in [-0.05, 0) is 40.2 Å². The van der Waals surface area contributed by atoms with E-state index in [1.807, 2.05) is 0 Å². The Morgan fingerprint density at radius 2 is 2.17 bits per heavy atom. The number of pyridine rings is 1. The Balaban J connectivity index is 2.24. The Bertz CT molecular complexity index is 604. The van der Waals surface area contributed by atoms with Gasteiger partial charge < -0.3 is 11.1 Å². The summed E-state index contributed by atoms with van der Waals surface area (Å²) in [6.07, 6.45) is 2.87. The quantitative estimate of drug-likeness (QED) is 0.896. The van der Waals surface area contributed by atoms with Crippen molar-refractivity contribution in [2.45, 2.75) is 0 Å². The van der Waals surface area contributed by atoms with Crippen molar-refractivity contribution in [3.8, 4) is 0 Å². The van der Waals surface area contributed by atoms with Crippen LogP contribution >= 0.6 is 15.9 Å². The SMILES string of the molecule is Nc1cnccc1C(=O)Nc1ccc(F)cc1Br. The van der Waals surface area contributed by atoms with E-state index in [0.29, 0.717) is 15.7 Å². The lowest BCUT2D eigenvalue weighted by molar-refractivity contribution is 0.102. The van der Waals surface area contributed by atoms with Crippen LogP contribution in [0.25, 0.3) is 0 Å². The lowest BCUT2D eigenvalue weighted by atomic mass is 10.2. The zero-order valence-electron chi connectivity index (χ0n) is 9.15. The third-order valence-corrected chi connectivity index (χ3v) is 2.93. The van der Waals surface area contributed by atoms with E-state index in [1.165, 1.54) is 36.7 Å². The number of carbonyl (C=O) groups is 1. The molecule has 18 heavy (non-hydrogen) atoms. The number of nitrogens with two attached hydrogens (primary N) is 1. The summed E-state index contributed by atoms with van der Waals surface area (Å²) in [5.74, 6) is -0.759. The first-order chi connectivity index (χ1) is 8.58.